The lowest BCUT2D eigenvalue weighted by Gasteiger charge is -2.31. The van der Waals surface area contributed by atoms with Gasteiger partial charge < -0.3 is 10.2 Å². The third-order valence-corrected chi connectivity index (χ3v) is 5.55. The van der Waals surface area contributed by atoms with E-state index in [1.54, 1.807) is 0 Å². The van der Waals surface area contributed by atoms with Gasteiger partial charge in [0.2, 0.25) is 11.8 Å². The zero-order valence-corrected chi connectivity index (χ0v) is 15.6. The Morgan fingerprint density at radius 3 is 2.54 bits per heavy atom. The molecule has 0 saturated carbocycles. The first-order valence-electron chi connectivity index (χ1n) is 9.99. The number of hydrogen-bond donors (Lipinski definition) is 1. The van der Waals surface area contributed by atoms with E-state index in [1.807, 2.05) is 35.2 Å². The molecular formula is C22H30N2O2. The minimum absolute atomic E-state index is 0.0520. The summed E-state index contributed by atoms with van der Waals surface area (Å²) >= 11 is 0. The molecule has 1 aliphatic heterocycles. The Bertz CT molecular complexity index is 631. The van der Waals surface area contributed by atoms with Gasteiger partial charge in [0, 0.05) is 25.6 Å². The first-order valence-corrected chi connectivity index (χ1v) is 9.99. The van der Waals surface area contributed by atoms with Crippen LogP contribution >= 0.6 is 0 Å². The summed E-state index contributed by atoms with van der Waals surface area (Å²) in [6, 6.07) is 9.85. The van der Waals surface area contributed by atoms with Crippen LogP contribution in [0.1, 0.15) is 50.5 Å². The van der Waals surface area contributed by atoms with Gasteiger partial charge in [-0.1, -0.05) is 42.0 Å². The lowest BCUT2D eigenvalue weighted by molar-refractivity contribution is -0.135. The summed E-state index contributed by atoms with van der Waals surface area (Å²) in [6.45, 7) is 2.13. The molecule has 4 heteroatoms. The molecule has 0 aromatic heterocycles. The average Bonchev–Trinajstić information content (AvgIpc) is 2.69. The highest BCUT2D eigenvalue weighted by Gasteiger charge is 2.27. The number of likely N-dealkylation sites (tertiary alicyclic amines) is 1. The number of nitrogens with zero attached hydrogens (tertiary/aromatic N) is 1. The van der Waals surface area contributed by atoms with Crippen molar-refractivity contribution in [2.45, 2.75) is 51.4 Å². The summed E-state index contributed by atoms with van der Waals surface area (Å²) < 4.78 is 0. The molecule has 3 rings (SSSR count). The minimum Gasteiger partial charge on any atom is -0.356 e. The number of carbonyl (C=O) groups excluding carboxylic acids is 2. The molecule has 1 aromatic carbocycles. The van der Waals surface area contributed by atoms with Crippen molar-refractivity contribution in [3.8, 4) is 0 Å². The molecule has 2 amide bonds. The van der Waals surface area contributed by atoms with E-state index >= 15 is 0 Å². The normalized spacial score (nSPS) is 18.3. The predicted octanol–water partition coefficient (Wildman–Crippen LogP) is 3.47. The van der Waals surface area contributed by atoms with E-state index in [9.17, 15) is 9.59 Å². The summed E-state index contributed by atoms with van der Waals surface area (Å²) in [6.07, 6.45) is 10.3. The molecule has 0 radical (unpaired) electrons. The van der Waals surface area contributed by atoms with Crippen LogP contribution in [-0.4, -0.2) is 36.3 Å². The molecule has 1 aliphatic carbocycles. The van der Waals surface area contributed by atoms with Crippen molar-refractivity contribution in [3.63, 3.8) is 0 Å². The van der Waals surface area contributed by atoms with Gasteiger partial charge in [-0.05, 0) is 50.5 Å². The second-order valence-electron chi connectivity index (χ2n) is 7.47. The smallest absolute Gasteiger partial charge is 0.226 e. The van der Waals surface area contributed by atoms with Crippen molar-refractivity contribution in [1.82, 2.24) is 10.2 Å². The number of nitrogens with one attached hydrogen (secondary N) is 1. The van der Waals surface area contributed by atoms with Crippen LogP contribution in [0.4, 0.5) is 0 Å². The lowest BCUT2D eigenvalue weighted by atomic mass is 9.94. The van der Waals surface area contributed by atoms with Crippen LogP contribution in [0.2, 0.25) is 0 Å². The van der Waals surface area contributed by atoms with Gasteiger partial charge in [-0.3, -0.25) is 9.59 Å². The van der Waals surface area contributed by atoms with Crippen LogP contribution in [-0.2, 0) is 16.0 Å². The zero-order valence-electron chi connectivity index (χ0n) is 15.6. The van der Waals surface area contributed by atoms with Crippen LogP contribution in [0, 0.1) is 5.92 Å². The third kappa shape index (κ3) is 5.45. The Morgan fingerprint density at radius 1 is 1.08 bits per heavy atom. The fraction of sp³-hybridized carbons (Fsp3) is 0.545. The number of hydrogen-bond acceptors (Lipinski definition) is 2. The molecular weight excluding hydrogens is 324 g/mol. The Morgan fingerprint density at radius 2 is 1.85 bits per heavy atom. The Kier molecular flexibility index (Phi) is 6.87. The second-order valence-corrected chi connectivity index (χ2v) is 7.47. The Labute approximate surface area is 156 Å². The van der Waals surface area contributed by atoms with Crippen molar-refractivity contribution >= 4 is 11.8 Å². The van der Waals surface area contributed by atoms with Crippen molar-refractivity contribution in [1.29, 1.82) is 0 Å². The van der Waals surface area contributed by atoms with E-state index in [-0.39, 0.29) is 17.7 Å². The van der Waals surface area contributed by atoms with Crippen LogP contribution in [0.5, 0.6) is 0 Å². The third-order valence-electron chi connectivity index (χ3n) is 5.55. The molecule has 1 fully saturated rings. The maximum atomic E-state index is 12.4. The van der Waals surface area contributed by atoms with E-state index in [0.29, 0.717) is 19.5 Å². The van der Waals surface area contributed by atoms with E-state index in [1.165, 1.54) is 31.3 Å². The molecule has 1 aromatic rings. The Hall–Kier alpha value is -2.10. The van der Waals surface area contributed by atoms with E-state index in [2.05, 4.69) is 11.4 Å². The Balaban J connectivity index is 1.36. The standard InChI is InChI=1S/C22H30N2O2/c25-21(17-19-9-5-2-6-10-19)24-15-12-20(13-16-24)22(26)23-14-11-18-7-3-1-4-8-18/h2,5-7,9-10,20H,1,3-4,8,11-17H2,(H,23,26). The highest BCUT2D eigenvalue weighted by atomic mass is 16.2. The second kappa shape index (κ2) is 9.56. The molecule has 1 heterocycles. The summed E-state index contributed by atoms with van der Waals surface area (Å²) in [5, 5.41) is 3.10. The average molecular weight is 354 g/mol. The minimum atomic E-state index is 0.0520. The van der Waals surface area contributed by atoms with Crippen molar-refractivity contribution < 1.29 is 9.59 Å². The highest BCUT2D eigenvalue weighted by molar-refractivity contribution is 5.81. The number of allylic oxidation sites excluding steroid dienone is 1. The number of piperidine rings is 1. The van der Waals surface area contributed by atoms with Crippen LogP contribution < -0.4 is 5.32 Å². The molecule has 0 unspecified atom stereocenters. The maximum absolute atomic E-state index is 12.4. The number of benzene rings is 1. The van der Waals surface area contributed by atoms with Gasteiger partial charge in [0.15, 0.2) is 0 Å². The molecule has 0 bridgehead atoms. The molecule has 4 nitrogen and oxygen atoms in total. The van der Waals surface area contributed by atoms with Gasteiger partial charge in [0.05, 0.1) is 6.42 Å². The van der Waals surface area contributed by atoms with Crippen LogP contribution in [0.3, 0.4) is 0 Å². The number of amides is 2. The summed E-state index contributed by atoms with van der Waals surface area (Å²) in [5.74, 6) is 0.381. The van der Waals surface area contributed by atoms with Gasteiger partial charge in [-0.15, -0.1) is 0 Å². The topological polar surface area (TPSA) is 49.4 Å². The molecule has 0 atom stereocenters. The fourth-order valence-electron chi connectivity index (χ4n) is 3.90. The van der Waals surface area contributed by atoms with Gasteiger partial charge in [-0.2, -0.15) is 0 Å². The molecule has 140 valence electrons. The summed E-state index contributed by atoms with van der Waals surface area (Å²) in [5.41, 5.74) is 2.55. The lowest BCUT2D eigenvalue weighted by Crippen LogP contribution is -2.43. The maximum Gasteiger partial charge on any atom is 0.226 e. The van der Waals surface area contributed by atoms with Crippen molar-refractivity contribution in [3.05, 3.63) is 47.5 Å². The monoisotopic (exact) mass is 354 g/mol. The first kappa shape index (κ1) is 18.7. The SMILES string of the molecule is O=C(NCCC1=CCCCC1)C1CCN(C(=O)Cc2ccccc2)CC1. The van der Waals surface area contributed by atoms with Crippen LogP contribution in [0.15, 0.2) is 42.0 Å². The van der Waals surface area contributed by atoms with Crippen LogP contribution in [0.25, 0.3) is 0 Å². The number of carbonyl (C=O) groups is 2. The molecule has 2 aliphatic rings. The molecule has 26 heavy (non-hydrogen) atoms. The highest BCUT2D eigenvalue weighted by Crippen LogP contribution is 2.21. The zero-order chi connectivity index (χ0) is 18.2. The fourth-order valence-corrected chi connectivity index (χ4v) is 3.90. The molecule has 1 N–H and O–H groups in total. The predicted molar refractivity (Wildman–Crippen MR) is 104 cm³/mol. The van der Waals surface area contributed by atoms with Gasteiger partial charge in [0.25, 0.3) is 0 Å². The van der Waals surface area contributed by atoms with Gasteiger partial charge >= 0.3 is 0 Å². The number of rotatable bonds is 6. The summed E-state index contributed by atoms with van der Waals surface area (Å²) in [7, 11) is 0. The van der Waals surface area contributed by atoms with Gasteiger partial charge in [-0.25, -0.2) is 0 Å². The van der Waals surface area contributed by atoms with E-state index in [4.69, 9.17) is 0 Å². The van der Waals surface area contributed by atoms with Crippen molar-refractivity contribution in [2.24, 2.45) is 5.92 Å². The van der Waals surface area contributed by atoms with Crippen molar-refractivity contribution in [2.75, 3.05) is 19.6 Å². The first-order chi connectivity index (χ1) is 12.7. The quantitative estimate of drug-likeness (QED) is 0.795. The summed E-state index contributed by atoms with van der Waals surface area (Å²) in [4.78, 5) is 26.7. The molecule has 1 saturated heterocycles. The molecule has 0 spiro atoms. The van der Waals surface area contributed by atoms with Gasteiger partial charge in [0.1, 0.15) is 0 Å². The van der Waals surface area contributed by atoms with E-state index < -0.39 is 0 Å². The van der Waals surface area contributed by atoms with E-state index in [0.717, 1.165) is 31.4 Å². The largest absolute Gasteiger partial charge is 0.356 e.